The van der Waals surface area contributed by atoms with E-state index < -0.39 is 0 Å². The summed E-state index contributed by atoms with van der Waals surface area (Å²) in [6.07, 6.45) is 5.64. The van der Waals surface area contributed by atoms with Crippen LogP contribution in [0.5, 0.6) is 0 Å². The third-order valence-electron chi connectivity index (χ3n) is 2.26. The molecule has 0 bridgehead atoms. The van der Waals surface area contributed by atoms with Gasteiger partial charge in [0.2, 0.25) is 0 Å². The molecular formula is C13H22. The molecule has 13 heavy (non-hydrogen) atoms. The topological polar surface area (TPSA) is 0 Å². The van der Waals surface area contributed by atoms with Crippen molar-refractivity contribution in [3.63, 3.8) is 0 Å². The van der Waals surface area contributed by atoms with Crippen molar-refractivity contribution in [2.24, 2.45) is 0 Å². The van der Waals surface area contributed by atoms with Crippen molar-refractivity contribution in [2.75, 3.05) is 0 Å². The summed E-state index contributed by atoms with van der Waals surface area (Å²) in [6, 6.07) is 0. The largest absolute Gasteiger partial charge is 0.0735 e. The average molecular weight is 178 g/mol. The first-order valence-electron chi connectivity index (χ1n) is 4.97. The van der Waals surface area contributed by atoms with Crippen LogP contribution in [-0.2, 0) is 0 Å². The standard InChI is InChI=1S/C13H22/c1-7-11(4)8-12(5)9-13(6)10(2)3/h8-9H,7H2,1-6H3. The Kier molecular flexibility index (Phi) is 5.45. The van der Waals surface area contributed by atoms with Gasteiger partial charge in [0.05, 0.1) is 0 Å². The number of allylic oxidation sites excluding steroid dienone is 6. The molecule has 0 heteroatoms. The van der Waals surface area contributed by atoms with Gasteiger partial charge in [0, 0.05) is 0 Å². The molecule has 0 atom stereocenters. The molecule has 0 aliphatic carbocycles. The Bertz CT molecular complexity index is 245. The van der Waals surface area contributed by atoms with Gasteiger partial charge in [-0.3, -0.25) is 0 Å². The molecule has 0 heterocycles. The van der Waals surface area contributed by atoms with Crippen LogP contribution in [0.4, 0.5) is 0 Å². The molecule has 0 radical (unpaired) electrons. The minimum atomic E-state index is 1.14. The van der Waals surface area contributed by atoms with Crippen molar-refractivity contribution < 1.29 is 0 Å². The molecule has 0 fully saturated rings. The Hall–Kier alpha value is -0.780. The van der Waals surface area contributed by atoms with Gasteiger partial charge in [-0.05, 0) is 41.0 Å². The quantitative estimate of drug-likeness (QED) is 0.552. The lowest BCUT2D eigenvalue weighted by Gasteiger charge is -1.99. The average Bonchev–Trinajstić information content (AvgIpc) is 2.03. The summed E-state index contributed by atoms with van der Waals surface area (Å²) in [5.41, 5.74) is 5.55. The first-order chi connectivity index (χ1) is 5.97. The van der Waals surface area contributed by atoms with Crippen LogP contribution in [0.1, 0.15) is 48.0 Å². The fourth-order valence-electron chi connectivity index (χ4n) is 1.02. The first-order valence-corrected chi connectivity index (χ1v) is 4.97. The lowest BCUT2D eigenvalue weighted by atomic mass is 10.1. The van der Waals surface area contributed by atoms with E-state index in [1.807, 2.05) is 0 Å². The normalized spacial score (nSPS) is 13.1. The minimum absolute atomic E-state index is 1.14. The van der Waals surface area contributed by atoms with E-state index in [0.29, 0.717) is 0 Å². The summed E-state index contributed by atoms with van der Waals surface area (Å²) in [5, 5.41) is 0. The fraction of sp³-hybridized carbons (Fsp3) is 0.538. The number of rotatable bonds is 3. The molecule has 0 nitrogen and oxygen atoms in total. The van der Waals surface area contributed by atoms with Crippen molar-refractivity contribution in [2.45, 2.75) is 48.0 Å². The van der Waals surface area contributed by atoms with Gasteiger partial charge in [0.1, 0.15) is 0 Å². The lowest BCUT2D eigenvalue weighted by Crippen LogP contribution is -1.79. The summed E-state index contributed by atoms with van der Waals surface area (Å²) in [5.74, 6) is 0. The Morgan fingerprint density at radius 3 is 1.85 bits per heavy atom. The van der Waals surface area contributed by atoms with Gasteiger partial charge in [-0.15, -0.1) is 0 Å². The molecule has 0 saturated carbocycles. The molecule has 0 aromatic heterocycles. The van der Waals surface area contributed by atoms with Gasteiger partial charge in [-0.1, -0.05) is 41.4 Å². The van der Waals surface area contributed by atoms with E-state index >= 15 is 0 Å². The highest BCUT2D eigenvalue weighted by molar-refractivity contribution is 5.31. The third-order valence-corrected chi connectivity index (χ3v) is 2.26. The molecule has 0 unspecified atom stereocenters. The third kappa shape index (κ3) is 5.46. The highest BCUT2D eigenvalue weighted by Crippen LogP contribution is 2.10. The van der Waals surface area contributed by atoms with Crippen LogP contribution >= 0.6 is 0 Å². The molecule has 0 aliphatic heterocycles. The van der Waals surface area contributed by atoms with E-state index in [1.165, 1.54) is 22.3 Å². The Morgan fingerprint density at radius 2 is 1.46 bits per heavy atom. The fourth-order valence-corrected chi connectivity index (χ4v) is 1.02. The van der Waals surface area contributed by atoms with E-state index in [2.05, 4.69) is 53.7 Å². The minimum Gasteiger partial charge on any atom is -0.0735 e. The van der Waals surface area contributed by atoms with Crippen LogP contribution in [-0.4, -0.2) is 0 Å². The van der Waals surface area contributed by atoms with Crippen molar-refractivity contribution in [1.82, 2.24) is 0 Å². The maximum atomic E-state index is 2.26. The van der Waals surface area contributed by atoms with Crippen LogP contribution < -0.4 is 0 Å². The van der Waals surface area contributed by atoms with Gasteiger partial charge >= 0.3 is 0 Å². The zero-order valence-electron chi connectivity index (χ0n) is 9.86. The van der Waals surface area contributed by atoms with E-state index in [-0.39, 0.29) is 0 Å². The second kappa shape index (κ2) is 5.80. The molecule has 0 aromatic rings. The summed E-state index contributed by atoms with van der Waals surface area (Å²) in [4.78, 5) is 0. The molecule has 0 N–H and O–H groups in total. The second-order valence-corrected chi connectivity index (χ2v) is 3.92. The van der Waals surface area contributed by atoms with Crippen LogP contribution in [0.3, 0.4) is 0 Å². The predicted molar refractivity (Wildman–Crippen MR) is 61.9 cm³/mol. The predicted octanol–water partition coefficient (Wildman–Crippen LogP) is 4.65. The van der Waals surface area contributed by atoms with Crippen molar-refractivity contribution in [1.29, 1.82) is 0 Å². The summed E-state index contributed by atoms with van der Waals surface area (Å²) < 4.78 is 0. The molecule has 0 rings (SSSR count). The van der Waals surface area contributed by atoms with Crippen molar-refractivity contribution >= 4 is 0 Å². The van der Waals surface area contributed by atoms with Crippen LogP contribution in [0, 0.1) is 0 Å². The smallest absolute Gasteiger partial charge is 0.0348 e. The molecule has 0 aromatic carbocycles. The molecule has 74 valence electrons. The first kappa shape index (κ1) is 12.2. The molecule has 0 amide bonds. The van der Waals surface area contributed by atoms with Crippen LogP contribution in [0.25, 0.3) is 0 Å². The highest BCUT2D eigenvalue weighted by atomic mass is 14.0. The van der Waals surface area contributed by atoms with Gasteiger partial charge < -0.3 is 0 Å². The maximum Gasteiger partial charge on any atom is -0.0348 e. The summed E-state index contributed by atoms with van der Waals surface area (Å²) in [6.45, 7) is 13.0. The highest BCUT2D eigenvalue weighted by Gasteiger charge is 1.89. The number of hydrogen-bond acceptors (Lipinski definition) is 0. The Morgan fingerprint density at radius 1 is 0.923 bits per heavy atom. The van der Waals surface area contributed by atoms with Crippen LogP contribution in [0.2, 0.25) is 0 Å². The van der Waals surface area contributed by atoms with Gasteiger partial charge in [-0.2, -0.15) is 0 Å². The SMILES string of the molecule is CCC(C)=CC(C)=CC(C)=C(C)C. The maximum absolute atomic E-state index is 2.26. The summed E-state index contributed by atoms with van der Waals surface area (Å²) in [7, 11) is 0. The van der Waals surface area contributed by atoms with Gasteiger partial charge in [0.15, 0.2) is 0 Å². The van der Waals surface area contributed by atoms with E-state index in [4.69, 9.17) is 0 Å². The molecule has 0 aliphatic rings. The van der Waals surface area contributed by atoms with Gasteiger partial charge in [-0.25, -0.2) is 0 Å². The monoisotopic (exact) mass is 178 g/mol. The molecule has 0 spiro atoms. The van der Waals surface area contributed by atoms with E-state index in [9.17, 15) is 0 Å². The molecular weight excluding hydrogens is 156 g/mol. The zero-order chi connectivity index (χ0) is 10.4. The van der Waals surface area contributed by atoms with Crippen LogP contribution in [0.15, 0.2) is 34.4 Å². The van der Waals surface area contributed by atoms with E-state index in [0.717, 1.165) is 6.42 Å². The number of hydrogen-bond donors (Lipinski definition) is 0. The molecule has 0 saturated heterocycles. The summed E-state index contributed by atoms with van der Waals surface area (Å²) >= 11 is 0. The lowest BCUT2D eigenvalue weighted by molar-refractivity contribution is 1.09. The van der Waals surface area contributed by atoms with Gasteiger partial charge in [0.25, 0.3) is 0 Å². The van der Waals surface area contributed by atoms with Crippen molar-refractivity contribution in [3.05, 3.63) is 34.4 Å². The second-order valence-electron chi connectivity index (χ2n) is 3.92. The Labute approximate surface area is 83.0 Å². The van der Waals surface area contributed by atoms with E-state index in [1.54, 1.807) is 0 Å². The Balaban J connectivity index is 4.61. The zero-order valence-corrected chi connectivity index (χ0v) is 9.86. The van der Waals surface area contributed by atoms with Crippen molar-refractivity contribution in [3.8, 4) is 0 Å².